The fourth-order valence-corrected chi connectivity index (χ4v) is 3.56. The number of nitrogens with zero attached hydrogens (tertiary/aromatic N) is 1. The maximum absolute atomic E-state index is 4.12. The van der Waals surface area contributed by atoms with Gasteiger partial charge in [-0.15, -0.1) is 22.7 Å². The van der Waals surface area contributed by atoms with Crippen LogP contribution in [-0.4, -0.2) is 11.0 Å². The van der Waals surface area contributed by atoms with Crippen molar-refractivity contribution in [3.05, 3.63) is 38.5 Å². The Kier molecular flexibility index (Phi) is 4.31. The van der Waals surface area contributed by atoms with Crippen LogP contribution in [0.5, 0.6) is 0 Å². The Morgan fingerprint density at radius 3 is 2.76 bits per heavy atom. The first-order valence-electron chi connectivity index (χ1n) is 5.85. The lowest BCUT2D eigenvalue weighted by molar-refractivity contribution is 0.483. The molecule has 0 radical (unpaired) electrons. The van der Waals surface area contributed by atoms with Crippen LogP contribution < -0.4 is 5.32 Å². The first kappa shape index (κ1) is 12.7. The van der Waals surface area contributed by atoms with Crippen LogP contribution in [0.15, 0.2) is 23.8 Å². The summed E-state index contributed by atoms with van der Waals surface area (Å²) in [6, 6.07) is 5.30. The minimum absolute atomic E-state index is 0.388. The summed E-state index contributed by atoms with van der Waals surface area (Å²) in [5.41, 5.74) is 1.89. The standard InChI is InChI=1S/C13H18N2S2/c1-9(6-12-5-4-10(2)17-12)15-11(3)13-7-14-8-16-13/h4-5,7-9,11,15H,6H2,1-3H3. The van der Waals surface area contributed by atoms with Gasteiger partial charge in [-0.3, -0.25) is 4.98 Å². The molecule has 2 atom stereocenters. The predicted molar refractivity (Wildman–Crippen MR) is 75.9 cm³/mol. The van der Waals surface area contributed by atoms with E-state index in [-0.39, 0.29) is 0 Å². The van der Waals surface area contributed by atoms with Crippen LogP contribution in [0.25, 0.3) is 0 Å². The number of thiazole rings is 1. The third-order valence-electron chi connectivity index (χ3n) is 2.72. The quantitative estimate of drug-likeness (QED) is 0.890. The highest BCUT2D eigenvalue weighted by Crippen LogP contribution is 2.20. The number of hydrogen-bond donors (Lipinski definition) is 1. The number of nitrogens with one attached hydrogen (secondary N) is 1. The van der Waals surface area contributed by atoms with Crippen molar-refractivity contribution < 1.29 is 0 Å². The second-order valence-electron chi connectivity index (χ2n) is 4.41. The van der Waals surface area contributed by atoms with Gasteiger partial charge >= 0.3 is 0 Å². The lowest BCUT2D eigenvalue weighted by Crippen LogP contribution is -2.30. The third-order valence-corrected chi connectivity index (χ3v) is 4.70. The SMILES string of the molecule is Cc1ccc(CC(C)NC(C)c2cncs2)s1. The number of rotatable bonds is 5. The summed E-state index contributed by atoms with van der Waals surface area (Å²) in [6.07, 6.45) is 3.05. The van der Waals surface area contributed by atoms with Crippen LogP contribution in [0, 0.1) is 6.92 Å². The summed E-state index contributed by atoms with van der Waals surface area (Å²) in [5, 5.41) is 3.62. The van der Waals surface area contributed by atoms with E-state index in [4.69, 9.17) is 0 Å². The van der Waals surface area contributed by atoms with Crippen molar-refractivity contribution >= 4 is 22.7 Å². The van der Waals surface area contributed by atoms with Gasteiger partial charge in [0, 0.05) is 32.9 Å². The van der Waals surface area contributed by atoms with Gasteiger partial charge in [-0.25, -0.2) is 0 Å². The van der Waals surface area contributed by atoms with Crippen LogP contribution in [0.2, 0.25) is 0 Å². The Morgan fingerprint density at radius 2 is 2.18 bits per heavy atom. The zero-order chi connectivity index (χ0) is 12.3. The summed E-state index contributed by atoms with van der Waals surface area (Å²) in [7, 11) is 0. The van der Waals surface area contributed by atoms with E-state index in [0.717, 1.165) is 6.42 Å². The molecule has 0 aromatic carbocycles. The minimum atomic E-state index is 0.388. The van der Waals surface area contributed by atoms with E-state index in [0.29, 0.717) is 12.1 Å². The van der Waals surface area contributed by atoms with Gasteiger partial charge in [0.2, 0.25) is 0 Å². The molecule has 92 valence electrons. The zero-order valence-corrected chi connectivity index (χ0v) is 12.1. The second-order valence-corrected chi connectivity index (χ2v) is 6.70. The molecule has 0 aliphatic carbocycles. The van der Waals surface area contributed by atoms with Gasteiger partial charge in [0.25, 0.3) is 0 Å². The molecule has 0 saturated heterocycles. The molecule has 17 heavy (non-hydrogen) atoms. The minimum Gasteiger partial charge on any atom is -0.307 e. The third kappa shape index (κ3) is 3.63. The maximum Gasteiger partial charge on any atom is 0.0794 e. The number of aryl methyl sites for hydroxylation is 1. The van der Waals surface area contributed by atoms with E-state index in [2.05, 4.69) is 43.2 Å². The molecule has 2 aromatic rings. The lowest BCUT2D eigenvalue weighted by atomic mass is 10.1. The Balaban J connectivity index is 1.87. The molecule has 0 aliphatic rings. The Hall–Kier alpha value is -0.710. The molecule has 0 fully saturated rings. The Bertz CT molecular complexity index is 448. The average Bonchev–Trinajstić information content (AvgIpc) is 2.89. The van der Waals surface area contributed by atoms with E-state index in [1.54, 1.807) is 11.3 Å². The molecule has 2 unspecified atom stereocenters. The van der Waals surface area contributed by atoms with Crippen molar-refractivity contribution in [1.29, 1.82) is 0 Å². The van der Waals surface area contributed by atoms with Crippen molar-refractivity contribution in [2.75, 3.05) is 0 Å². The van der Waals surface area contributed by atoms with Crippen LogP contribution in [0.4, 0.5) is 0 Å². The van der Waals surface area contributed by atoms with Crippen molar-refractivity contribution in [2.45, 2.75) is 39.3 Å². The molecule has 0 amide bonds. The molecular formula is C13H18N2S2. The van der Waals surface area contributed by atoms with Crippen molar-refractivity contribution in [2.24, 2.45) is 0 Å². The monoisotopic (exact) mass is 266 g/mol. The van der Waals surface area contributed by atoms with Crippen LogP contribution >= 0.6 is 22.7 Å². The maximum atomic E-state index is 4.12. The normalized spacial score (nSPS) is 14.8. The molecule has 0 aliphatic heterocycles. The highest BCUT2D eigenvalue weighted by Gasteiger charge is 2.11. The van der Waals surface area contributed by atoms with Gasteiger partial charge in [-0.05, 0) is 39.3 Å². The van der Waals surface area contributed by atoms with Crippen molar-refractivity contribution in [3.8, 4) is 0 Å². The molecule has 2 heterocycles. The van der Waals surface area contributed by atoms with E-state index < -0.39 is 0 Å². The van der Waals surface area contributed by atoms with Crippen molar-refractivity contribution in [1.82, 2.24) is 10.3 Å². The average molecular weight is 266 g/mol. The zero-order valence-electron chi connectivity index (χ0n) is 10.4. The molecule has 2 aromatic heterocycles. The first-order chi connectivity index (χ1) is 8.15. The Labute approximate surface area is 111 Å². The molecule has 4 heteroatoms. The highest BCUT2D eigenvalue weighted by atomic mass is 32.1. The number of hydrogen-bond acceptors (Lipinski definition) is 4. The molecular weight excluding hydrogens is 248 g/mol. The molecule has 2 nitrogen and oxygen atoms in total. The molecule has 0 bridgehead atoms. The molecule has 1 N–H and O–H groups in total. The number of aromatic nitrogens is 1. The van der Waals surface area contributed by atoms with Gasteiger partial charge in [0.1, 0.15) is 0 Å². The highest BCUT2D eigenvalue weighted by molar-refractivity contribution is 7.11. The topological polar surface area (TPSA) is 24.9 Å². The molecule has 0 saturated carbocycles. The van der Waals surface area contributed by atoms with Crippen molar-refractivity contribution in [3.63, 3.8) is 0 Å². The fraction of sp³-hybridized carbons (Fsp3) is 0.462. The molecule has 2 rings (SSSR count). The van der Waals surface area contributed by atoms with E-state index in [1.165, 1.54) is 14.6 Å². The van der Waals surface area contributed by atoms with E-state index in [9.17, 15) is 0 Å². The van der Waals surface area contributed by atoms with Gasteiger partial charge in [0.15, 0.2) is 0 Å². The van der Waals surface area contributed by atoms with Crippen LogP contribution in [0.1, 0.15) is 34.5 Å². The summed E-state index contributed by atoms with van der Waals surface area (Å²) in [4.78, 5) is 8.27. The van der Waals surface area contributed by atoms with Gasteiger partial charge in [-0.1, -0.05) is 0 Å². The van der Waals surface area contributed by atoms with Gasteiger partial charge in [-0.2, -0.15) is 0 Å². The smallest absolute Gasteiger partial charge is 0.0794 e. The largest absolute Gasteiger partial charge is 0.307 e. The van der Waals surface area contributed by atoms with Crippen LogP contribution in [-0.2, 0) is 6.42 Å². The summed E-state index contributed by atoms with van der Waals surface area (Å²) < 4.78 is 0. The van der Waals surface area contributed by atoms with Gasteiger partial charge < -0.3 is 5.32 Å². The van der Waals surface area contributed by atoms with E-state index >= 15 is 0 Å². The first-order valence-corrected chi connectivity index (χ1v) is 7.54. The summed E-state index contributed by atoms with van der Waals surface area (Å²) in [6.45, 7) is 6.60. The van der Waals surface area contributed by atoms with Crippen LogP contribution in [0.3, 0.4) is 0 Å². The fourth-order valence-electron chi connectivity index (χ4n) is 1.90. The predicted octanol–water partition coefficient (Wildman–Crippen LogP) is 3.79. The van der Waals surface area contributed by atoms with E-state index in [1.807, 2.05) is 23.0 Å². The summed E-state index contributed by atoms with van der Waals surface area (Å²) >= 11 is 3.60. The molecule has 0 spiro atoms. The number of thiophene rings is 1. The van der Waals surface area contributed by atoms with Gasteiger partial charge in [0.05, 0.1) is 5.51 Å². The Morgan fingerprint density at radius 1 is 1.35 bits per heavy atom. The second kappa shape index (κ2) is 5.76. The lowest BCUT2D eigenvalue weighted by Gasteiger charge is -2.18. The summed E-state index contributed by atoms with van der Waals surface area (Å²) in [5.74, 6) is 0.